The maximum absolute atomic E-state index is 11.7. The van der Waals surface area contributed by atoms with Crippen molar-refractivity contribution in [2.75, 3.05) is 32.1 Å². The second kappa shape index (κ2) is 6.57. The third-order valence-corrected chi connectivity index (χ3v) is 3.55. The number of para-hydroxylation sites is 1. The second-order valence-corrected chi connectivity index (χ2v) is 5.31. The van der Waals surface area contributed by atoms with E-state index in [1.165, 1.54) is 6.42 Å². The highest BCUT2D eigenvalue weighted by Gasteiger charge is 2.18. The number of hydrogen-bond donors (Lipinski definition) is 1. The molecule has 0 unspecified atom stereocenters. The largest absolute Gasteiger partial charge is 0.449 e. The molecular formula is C15H22N2O2. The molecule has 2 rings (SSSR count). The quantitative estimate of drug-likeness (QED) is 0.910. The van der Waals surface area contributed by atoms with Gasteiger partial charge in [0.15, 0.2) is 0 Å². The summed E-state index contributed by atoms with van der Waals surface area (Å²) in [6.07, 6.45) is 1.97. The lowest BCUT2D eigenvalue weighted by Crippen LogP contribution is -2.35. The van der Waals surface area contributed by atoms with Crippen LogP contribution in [0.4, 0.5) is 10.5 Å². The van der Waals surface area contributed by atoms with Gasteiger partial charge in [0.05, 0.1) is 6.61 Å². The zero-order valence-electron chi connectivity index (χ0n) is 11.7. The van der Waals surface area contributed by atoms with Crippen LogP contribution >= 0.6 is 0 Å². The fourth-order valence-electron chi connectivity index (χ4n) is 2.46. The number of nitrogens with zero attached hydrogens (tertiary/aromatic N) is 1. The molecular weight excluding hydrogens is 240 g/mol. The Bertz CT molecular complexity index is 434. The Morgan fingerprint density at radius 3 is 3.00 bits per heavy atom. The Labute approximate surface area is 114 Å². The number of benzene rings is 1. The molecule has 0 saturated carbocycles. The van der Waals surface area contributed by atoms with E-state index in [1.54, 1.807) is 0 Å². The molecule has 0 aromatic heterocycles. The van der Waals surface area contributed by atoms with Crippen LogP contribution in [0.5, 0.6) is 0 Å². The summed E-state index contributed by atoms with van der Waals surface area (Å²) >= 11 is 0. The minimum absolute atomic E-state index is 0.359. The number of carbonyl (C=O) groups is 1. The van der Waals surface area contributed by atoms with Gasteiger partial charge < -0.3 is 9.64 Å². The Balaban J connectivity index is 1.77. The van der Waals surface area contributed by atoms with Gasteiger partial charge in [-0.3, -0.25) is 5.32 Å². The summed E-state index contributed by atoms with van der Waals surface area (Å²) in [4.78, 5) is 14.0. The normalized spacial score (nSPS) is 20.0. The van der Waals surface area contributed by atoms with E-state index in [0.29, 0.717) is 12.5 Å². The molecule has 0 radical (unpaired) electrons. The first kappa shape index (κ1) is 13.9. The van der Waals surface area contributed by atoms with Crippen molar-refractivity contribution in [3.63, 3.8) is 0 Å². The average Bonchev–Trinajstić information content (AvgIpc) is 2.39. The number of nitrogens with one attached hydrogen (secondary N) is 1. The van der Waals surface area contributed by atoms with Gasteiger partial charge in [0.25, 0.3) is 0 Å². The fraction of sp³-hybridized carbons (Fsp3) is 0.533. The minimum Gasteiger partial charge on any atom is -0.449 e. The van der Waals surface area contributed by atoms with Crippen molar-refractivity contribution < 1.29 is 9.53 Å². The first-order chi connectivity index (χ1) is 9.15. The topological polar surface area (TPSA) is 41.6 Å². The maximum Gasteiger partial charge on any atom is 0.411 e. The summed E-state index contributed by atoms with van der Waals surface area (Å²) < 4.78 is 5.31. The van der Waals surface area contributed by atoms with Gasteiger partial charge in [0, 0.05) is 18.2 Å². The summed E-state index contributed by atoms with van der Waals surface area (Å²) in [6.45, 7) is 4.62. The van der Waals surface area contributed by atoms with E-state index in [1.807, 2.05) is 31.2 Å². The molecule has 1 heterocycles. The van der Waals surface area contributed by atoms with Crippen molar-refractivity contribution in [3.05, 3.63) is 29.8 Å². The lowest BCUT2D eigenvalue weighted by atomic mass is 10.00. The van der Waals surface area contributed by atoms with Gasteiger partial charge >= 0.3 is 6.09 Å². The van der Waals surface area contributed by atoms with Crippen LogP contribution in [-0.4, -0.2) is 37.7 Å². The van der Waals surface area contributed by atoms with Gasteiger partial charge in [-0.1, -0.05) is 18.2 Å². The molecule has 1 amide bonds. The second-order valence-electron chi connectivity index (χ2n) is 5.31. The van der Waals surface area contributed by atoms with Gasteiger partial charge in [0.1, 0.15) is 0 Å². The van der Waals surface area contributed by atoms with Crippen molar-refractivity contribution in [3.8, 4) is 0 Å². The number of aryl methyl sites for hydroxylation is 1. The first-order valence-corrected chi connectivity index (χ1v) is 6.83. The molecule has 1 aliphatic heterocycles. The zero-order valence-corrected chi connectivity index (χ0v) is 11.7. The number of likely N-dealkylation sites (tertiary alicyclic amines) is 1. The van der Waals surface area contributed by atoms with Gasteiger partial charge in [-0.05, 0) is 45.0 Å². The van der Waals surface area contributed by atoms with E-state index in [-0.39, 0.29) is 6.09 Å². The number of anilines is 1. The van der Waals surface area contributed by atoms with E-state index in [9.17, 15) is 4.79 Å². The Morgan fingerprint density at radius 2 is 2.26 bits per heavy atom. The Kier molecular flexibility index (Phi) is 4.80. The molecule has 1 N–H and O–H groups in total. The van der Waals surface area contributed by atoms with Crippen LogP contribution in [0.15, 0.2) is 24.3 Å². The van der Waals surface area contributed by atoms with E-state index >= 15 is 0 Å². The van der Waals surface area contributed by atoms with E-state index < -0.39 is 0 Å². The standard InChI is InChI=1S/C15H22N2O2/c1-12-6-3-4-8-14(12)16-15(18)19-11-13-7-5-9-17(2)10-13/h3-4,6,8,13H,5,7,9-11H2,1-2H3,(H,16,18)/t13-/m0/s1. The highest BCUT2D eigenvalue weighted by atomic mass is 16.5. The minimum atomic E-state index is -0.359. The summed E-state index contributed by atoms with van der Waals surface area (Å²) in [5, 5.41) is 2.79. The molecule has 1 aliphatic rings. The lowest BCUT2D eigenvalue weighted by molar-refractivity contribution is 0.107. The monoisotopic (exact) mass is 262 g/mol. The van der Waals surface area contributed by atoms with E-state index in [4.69, 9.17) is 4.74 Å². The van der Waals surface area contributed by atoms with Gasteiger partial charge in [-0.2, -0.15) is 0 Å². The van der Waals surface area contributed by atoms with E-state index in [0.717, 1.165) is 30.8 Å². The van der Waals surface area contributed by atoms with Crippen LogP contribution in [0.2, 0.25) is 0 Å². The van der Waals surface area contributed by atoms with Crippen LogP contribution < -0.4 is 5.32 Å². The third kappa shape index (κ3) is 4.24. The lowest BCUT2D eigenvalue weighted by Gasteiger charge is -2.29. The molecule has 0 aliphatic carbocycles. The third-order valence-electron chi connectivity index (χ3n) is 3.55. The average molecular weight is 262 g/mol. The molecule has 1 atom stereocenters. The SMILES string of the molecule is Cc1ccccc1NC(=O)OC[C@H]1CCCN(C)C1. The van der Waals surface area contributed by atoms with Crippen molar-refractivity contribution >= 4 is 11.8 Å². The molecule has 0 spiro atoms. The molecule has 104 valence electrons. The van der Waals surface area contributed by atoms with Crippen LogP contribution in [0.1, 0.15) is 18.4 Å². The fourth-order valence-corrected chi connectivity index (χ4v) is 2.46. The highest BCUT2D eigenvalue weighted by molar-refractivity contribution is 5.85. The zero-order chi connectivity index (χ0) is 13.7. The van der Waals surface area contributed by atoms with Crippen molar-refractivity contribution in [1.29, 1.82) is 0 Å². The number of carbonyl (C=O) groups excluding carboxylic acids is 1. The summed E-state index contributed by atoms with van der Waals surface area (Å²) in [5.41, 5.74) is 1.85. The van der Waals surface area contributed by atoms with Crippen LogP contribution in [0, 0.1) is 12.8 Å². The summed E-state index contributed by atoms with van der Waals surface area (Å²) in [5.74, 6) is 0.460. The number of ether oxygens (including phenoxy) is 1. The van der Waals surface area contributed by atoms with Crippen LogP contribution in [0.3, 0.4) is 0 Å². The van der Waals surface area contributed by atoms with Crippen LogP contribution in [0.25, 0.3) is 0 Å². The predicted molar refractivity (Wildman–Crippen MR) is 76.4 cm³/mol. The molecule has 19 heavy (non-hydrogen) atoms. The maximum atomic E-state index is 11.7. The first-order valence-electron chi connectivity index (χ1n) is 6.83. The molecule has 0 bridgehead atoms. The molecule has 4 heteroatoms. The van der Waals surface area contributed by atoms with Gasteiger partial charge in [-0.25, -0.2) is 4.79 Å². The Hall–Kier alpha value is -1.55. The number of amides is 1. The van der Waals surface area contributed by atoms with Gasteiger partial charge in [-0.15, -0.1) is 0 Å². The van der Waals surface area contributed by atoms with E-state index in [2.05, 4.69) is 17.3 Å². The van der Waals surface area contributed by atoms with Crippen molar-refractivity contribution in [2.45, 2.75) is 19.8 Å². The number of hydrogen-bond acceptors (Lipinski definition) is 3. The van der Waals surface area contributed by atoms with Crippen LogP contribution in [-0.2, 0) is 4.74 Å². The highest BCUT2D eigenvalue weighted by Crippen LogP contribution is 2.16. The predicted octanol–water partition coefficient (Wildman–Crippen LogP) is 2.89. The smallest absolute Gasteiger partial charge is 0.411 e. The molecule has 1 aromatic rings. The summed E-state index contributed by atoms with van der Waals surface area (Å²) in [6, 6.07) is 7.69. The molecule has 1 fully saturated rings. The van der Waals surface area contributed by atoms with Crippen molar-refractivity contribution in [1.82, 2.24) is 4.90 Å². The molecule has 1 saturated heterocycles. The van der Waals surface area contributed by atoms with Crippen molar-refractivity contribution in [2.24, 2.45) is 5.92 Å². The van der Waals surface area contributed by atoms with Gasteiger partial charge in [0.2, 0.25) is 0 Å². The molecule has 1 aromatic carbocycles. The molecule has 4 nitrogen and oxygen atoms in total. The summed E-state index contributed by atoms with van der Waals surface area (Å²) in [7, 11) is 2.11. The number of rotatable bonds is 3. The Morgan fingerprint density at radius 1 is 1.47 bits per heavy atom. The number of piperidine rings is 1.